The molecule has 1 amide bonds. The number of hydrogen-bond acceptors (Lipinski definition) is 3. The number of amides is 1. The van der Waals surface area contributed by atoms with Crippen molar-refractivity contribution in [2.45, 2.75) is 52.2 Å². The second kappa shape index (κ2) is 11.9. The maximum atomic E-state index is 14.5. The van der Waals surface area contributed by atoms with Crippen molar-refractivity contribution in [2.24, 2.45) is 0 Å². The largest absolute Gasteiger partial charge is 0.331 e. The molecule has 0 radical (unpaired) electrons. The van der Waals surface area contributed by atoms with Crippen LogP contribution in [-0.2, 0) is 19.6 Å². The molecule has 0 spiro atoms. The third-order valence-corrected chi connectivity index (χ3v) is 7.32. The van der Waals surface area contributed by atoms with Crippen LogP contribution in [0.25, 0.3) is 11.0 Å². The molecular weight excluding hydrogens is 482 g/mol. The Balaban J connectivity index is 1.48. The van der Waals surface area contributed by atoms with Crippen LogP contribution in [0.3, 0.4) is 0 Å². The molecule has 38 heavy (non-hydrogen) atoms. The van der Waals surface area contributed by atoms with Gasteiger partial charge in [-0.2, -0.15) is 0 Å². The average Bonchev–Trinajstić information content (AvgIpc) is 3.28. The van der Waals surface area contributed by atoms with Crippen LogP contribution in [0, 0.1) is 11.6 Å². The fourth-order valence-electron chi connectivity index (χ4n) is 5.35. The normalized spacial score (nSPS) is 14.2. The summed E-state index contributed by atoms with van der Waals surface area (Å²) in [5, 5.41) is 0. The Hall–Kier alpha value is -3.58. The lowest BCUT2D eigenvalue weighted by Gasteiger charge is -2.27. The van der Waals surface area contributed by atoms with Gasteiger partial charge in [0.05, 0.1) is 23.1 Å². The van der Waals surface area contributed by atoms with E-state index in [-0.39, 0.29) is 12.1 Å². The summed E-state index contributed by atoms with van der Waals surface area (Å²) in [6.45, 7) is 6.34. The van der Waals surface area contributed by atoms with Crippen molar-refractivity contribution in [3.05, 3.63) is 101 Å². The second-order valence-electron chi connectivity index (χ2n) is 10.0. The lowest BCUT2D eigenvalue weighted by molar-refractivity contribution is 0.0731. The molecule has 0 bridgehead atoms. The molecule has 0 atom stereocenters. The Morgan fingerprint density at radius 2 is 1.61 bits per heavy atom. The van der Waals surface area contributed by atoms with Gasteiger partial charge in [-0.15, -0.1) is 0 Å². The third kappa shape index (κ3) is 5.63. The molecular formula is C31H34F2N4O. The van der Waals surface area contributed by atoms with Crippen molar-refractivity contribution in [1.82, 2.24) is 19.4 Å². The van der Waals surface area contributed by atoms with E-state index in [0.717, 1.165) is 42.6 Å². The van der Waals surface area contributed by atoms with E-state index in [1.165, 1.54) is 42.5 Å². The number of rotatable bonds is 9. The Labute approximate surface area is 222 Å². The van der Waals surface area contributed by atoms with Crippen LogP contribution in [0.15, 0.2) is 66.7 Å². The molecule has 1 saturated heterocycles. The monoisotopic (exact) mass is 516 g/mol. The molecule has 4 aromatic rings. The maximum Gasteiger partial charge on any atom is 0.257 e. The number of aromatic nitrogens is 2. The van der Waals surface area contributed by atoms with Gasteiger partial charge in [0.1, 0.15) is 5.82 Å². The van der Waals surface area contributed by atoms with Crippen molar-refractivity contribution < 1.29 is 13.6 Å². The number of hydrogen-bond donors (Lipinski definition) is 0. The van der Waals surface area contributed by atoms with Gasteiger partial charge in [0, 0.05) is 19.6 Å². The van der Waals surface area contributed by atoms with E-state index in [4.69, 9.17) is 4.98 Å². The highest BCUT2D eigenvalue weighted by Crippen LogP contribution is 2.23. The number of carbonyl (C=O) groups is 1. The van der Waals surface area contributed by atoms with Crippen LogP contribution in [0.2, 0.25) is 0 Å². The predicted molar refractivity (Wildman–Crippen MR) is 146 cm³/mol. The molecule has 0 aliphatic carbocycles. The number of benzene rings is 3. The van der Waals surface area contributed by atoms with Gasteiger partial charge in [-0.05, 0) is 67.7 Å². The number of fused-ring (bicyclic) bond motifs is 1. The molecule has 5 rings (SSSR count). The Morgan fingerprint density at radius 1 is 0.895 bits per heavy atom. The zero-order chi connectivity index (χ0) is 26.5. The van der Waals surface area contributed by atoms with Crippen molar-refractivity contribution >= 4 is 16.9 Å². The molecule has 0 N–H and O–H groups in total. The Morgan fingerprint density at radius 3 is 2.37 bits per heavy atom. The number of likely N-dealkylation sites (tertiary alicyclic amines) is 1. The van der Waals surface area contributed by atoms with Crippen molar-refractivity contribution in [3.63, 3.8) is 0 Å². The summed E-state index contributed by atoms with van der Waals surface area (Å²) in [6.07, 6.45) is 4.47. The summed E-state index contributed by atoms with van der Waals surface area (Å²) in [4.78, 5) is 22.3. The SMILES string of the molecule is CCCN(Cc1nc2ccccc2n1Cc1ccccc1CN1CCCCC1)C(=O)c1cccc(F)c1F. The van der Waals surface area contributed by atoms with E-state index >= 15 is 0 Å². The molecule has 5 nitrogen and oxygen atoms in total. The van der Waals surface area contributed by atoms with Crippen LogP contribution in [0.4, 0.5) is 8.78 Å². The molecule has 1 aromatic heterocycles. The summed E-state index contributed by atoms with van der Waals surface area (Å²) in [5.41, 5.74) is 4.08. The lowest BCUT2D eigenvalue weighted by atomic mass is 10.0. The molecule has 0 unspecified atom stereocenters. The van der Waals surface area contributed by atoms with Crippen molar-refractivity contribution in [1.29, 1.82) is 0 Å². The molecule has 7 heteroatoms. The van der Waals surface area contributed by atoms with Gasteiger partial charge in [-0.1, -0.05) is 55.8 Å². The van der Waals surface area contributed by atoms with Gasteiger partial charge in [0.15, 0.2) is 11.6 Å². The molecule has 3 aromatic carbocycles. The van der Waals surface area contributed by atoms with Gasteiger partial charge in [0.25, 0.3) is 5.91 Å². The first-order valence-corrected chi connectivity index (χ1v) is 13.5. The average molecular weight is 517 g/mol. The highest BCUT2D eigenvalue weighted by molar-refractivity contribution is 5.94. The first-order chi connectivity index (χ1) is 18.5. The summed E-state index contributed by atoms with van der Waals surface area (Å²) < 4.78 is 30.6. The number of para-hydroxylation sites is 2. The van der Waals surface area contributed by atoms with Gasteiger partial charge >= 0.3 is 0 Å². The minimum absolute atomic E-state index is 0.200. The van der Waals surface area contributed by atoms with Crippen molar-refractivity contribution in [2.75, 3.05) is 19.6 Å². The number of halogens is 2. The zero-order valence-corrected chi connectivity index (χ0v) is 21.9. The predicted octanol–water partition coefficient (Wildman–Crippen LogP) is 6.40. The van der Waals surface area contributed by atoms with E-state index in [9.17, 15) is 13.6 Å². The quantitative estimate of drug-likeness (QED) is 0.258. The number of piperidine rings is 1. The van der Waals surface area contributed by atoms with Crippen LogP contribution in [-0.4, -0.2) is 44.9 Å². The first kappa shape index (κ1) is 26.0. The molecule has 1 fully saturated rings. The van der Waals surface area contributed by atoms with E-state index in [0.29, 0.717) is 19.5 Å². The number of carbonyl (C=O) groups excluding carboxylic acids is 1. The van der Waals surface area contributed by atoms with Crippen molar-refractivity contribution in [3.8, 4) is 0 Å². The Bertz CT molecular complexity index is 1410. The zero-order valence-electron chi connectivity index (χ0n) is 21.9. The summed E-state index contributed by atoms with van der Waals surface area (Å²) >= 11 is 0. The van der Waals surface area contributed by atoms with E-state index in [1.54, 1.807) is 4.90 Å². The van der Waals surface area contributed by atoms with Gasteiger partial charge in [-0.25, -0.2) is 13.8 Å². The van der Waals surface area contributed by atoms with Crippen LogP contribution in [0.1, 0.15) is 59.9 Å². The Kier molecular flexibility index (Phi) is 8.13. The molecule has 1 aliphatic rings. The standard InChI is InChI=1S/C31H34F2N4O/c1-2-17-36(31(38)25-13-10-14-26(32)30(25)33)22-29-34-27-15-6-7-16-28(27)37(29)21-24-12-5-4-11-23(24)20-35-18-8-3-9-19-35/h4-7,10-16H,2-3,8-9,17-22H2,1H3. The minimum atomic E-state index is -1.11. The van der Waals surface area contributed by atoms with Crippen LogP contribution < -0.4 is 0 Å². The van der Waals surface area contributed by atoms with E-state index in [1.807, 2.05) is 31.2 Å². The van der Waals surface area contributed by atoms with Gasteiger partial charge in [0.2, 0.25) is 0 Å². The van der Waals surface area contributed by atoms with Gasteiger partial charge < -0.3 is 9.47 Å². The minimum Gasteiger partial charge on any atom is -0.331 e. The lowest BCUT2D eigenvalue weighted by Crippen LogP contribution is -2.33. The molecule has 1 aliphatic heterocycles. The molecule has 198 valence electrons. The fourth-order valence-corrected chi connectivity index (χ4v) is 5.35. The smallest absolute Gasteiger partial charge is 0.257 e. The number of imidazole rings is 1. The molecule has 0 saturated carbocycles. The highest BCUT2D eigenvalue weighted by atomic mass is 19.2. The van der Waals surface area contributed by atoms with E-state index in [2.05, 4.69) is 33.7 Å². The first-order valence-electron chi connectivity index (χ1n) is 13.5. The summed E-state index contributed by atoms with van der Waals surface area (Å²) in [7, 11) is 0. The van der Waals surface area contributed by atoms with E-state index < -0.39 is 17.5 Å². The topological polar surface area (TPSA) is 41.4 Å². The molecule has 2 heterocycles. The number of nitrogens with zero attached hydrogens (tertiary/aromatic N) is 4. The van der Waals surface area contributed by atoms with Crippen LogP contribution >= 0.6 is 0 Å². The van der Waals surface area contributed by atoms with Crippen LogP contribution in [0.5, 0.6) is 0 Å². The summed E-state index contributed by atoms with van der Waals surface area (Å²) in [6, 6.07) is 20.2. The second-order valence-corrected chi connectivity index (χ2v) is 10.0. The van der Waals surface area contributed by atoms with Gasteiger partial charge in [-0.3, -0.25) is 9.69 Å². The third-order valence-electron chi connectivity index (χ3n) is 7.32. The highest BCUT2D eigenvalue weighted by Gasteiger charge is 2.24. The maximum absolute atomic E-state index is 14.5. The summed E-state index contributed by atoms with van der Waals surface area (Å²) in [5.74, 6) is -1.95. The fraction of sp³-hybridized carbons (Fsp3) is 0.355.